The van der Waals surface area contributed by atoms with Crippen LogP contribution in [-0.4, -0.2) is 22.5 Å². The first-order valence-electron chi connectivity index (χ1n) is 8.17. The minimum Gasteiger partial charge on any atom is -0.359 e. The van der Waals surface area contributed by atoms with Crippen LogP contribution in [0, 0.1) is 11.8 Å². The number of thioether (sulfide) groups is 1. The Balaban J connectivity index is 1.67. The van der Waals surface area contributed by atoms with Crippen molar-refractivity contribution < 1.29 is 0 Å². The number of amidine groups is 1. The largest absolute Gasteiger partial charge is 0.359 e. The minimum atomic E-state index is 0.422. The smallest absolute Gasteiger partial charge is 0.157 e. The molecule has 0 aromatic heterocycles. The van der Waals surface area contributed by atoms with E-state index >= 15 is 0 Å². The molecule has 2 atom stereocenters. The molecule has 3 fully saturated rings. The maximum atomic E-state index is 5.13. The summed E-state index contributed by atoms with van der Waals surface area (Å²) in [4.78, 5) is 5.13. The van der Waals surface area contributed by atoms with Gasteiger partial charge in [-0.2, -0.15) is 0 Å². The summed E-state index contributed by atoms with van der Waals surface area (Å²) in [5.41, 5.74) is 0.422. The Morgan fingerprint density at radius 1 is 1.16 bits per heavy atom. The van der Waals surface area contributed by atoms with Crippen LogP contribution in [0.3, 0.4) is 0 Å². The van der Waals surface area contributed by atoms with E-state index in [9.17, 15) is 0 Å². The van der Waals surface area contributed by atoms with Crippen LogP contribution in [0.15, 0.2) is 4.99 Å². The summed E-state index contributed by atoms with van der Waals surface area (Å²) in [5, 5.41) is 5.05. The maximum absolute atomic E-state index is 5.13. The monoisotopic (exact) mass is 280 g/mol. The Morgan fingerprint density at radius 2 is 1.89 bits per heavy atom. The van der Waals surface area contributed by atoms with Gasteiger partial charge in [-0.3, -0.25) is 4.99 Å². The van der Waals surface area contributed by atoms with Gasteiger partial charge < -0.3 is 5.32 Å². The molecule has 1 spiro atoms. The highest BCUT2D eigenvalue weighted by Crippen LogP contribution is 2.39. The Kier molecular flexibility index (Phi) is 4.11. The summed E-state index contributed by atoms with van der Waals surface area (Å²) in [6, 6.07) is 0.584. The summed E-state index contributed by atoms with van der Waals surface area (Å²) >= 11 is 1.98. The second kappa shape index (κ2) is 5.67. The van der Waals surface area contributed by atoms with Crippen LogP contribution in [0.25, 0.3) is 0 Å². The van der Waals surface area contributed by atoms with Gasteiger partial charge in [0.05, 0.1) is 6.04 Å². The molecule has 0 aromatic rings. The second-order valence-electron chi connectivity index (χ2n) is 7.10. The predicted octanol–water partition coefficient (Wildman–Crippen LogP) is 4.21. The van der Waals surface area contributed by atoms with Crippen molar-refractivity contribution in [3.8, 4) is 0 Å². The van der Waals surface area contributed by atoms with Gasteiger partial charge >= 0.3 is 0 Å². The molecule has 1 heterocycles. The van der Waals surface area contributed by atoms with Crippen LogP contribution in [-0.2, 0) is 0 Å². The van der Waals surface area contributed by atoms with Gasteiger partial charge in [-0.15, -0.1) is 0 Å². The lowest BCUT2D eigenvalue weighted by atomic mass is 9.78. The van der Waals surface area contributed by atoms with Crippen molar-refractivity contribution in [3.63, 3.8) is 0 Å². The van der Waals surface area contributed by atoms with E-state index in [4.69, 9.17) is 4.99 Å². The molecular formula is C16H28N2S. The maximum Gasteiger partial charge on any atom is 0.157 e. The van der Waals surface area contributed by atoms with Crippen LogP contribution >= 0.6 is 11.8 Å². The molecule has 2 aliphatic carbocycles. The van der Waals surface area contributed by atoms with E-state index < -0.39 is 0 Å². The van der Waals surface area contributed by atoms with Crippen molar-refractivity contribution in [2.75, 3.05) is 5.75 Å². The number of aliphatic imine (C=N–C) groups is 1. The topological polar surface area (TPSA) is 24.4 Å². The highest BCUT2D eigenvalue weighted by molar-refractivity contribution is 8.14. The number of hydrogen-bond donors (Lipinski definition) is 1. The zero-order chi connectivity index (χ0) is 13.3. The van der Waals surface area contributed by atoms with Crippen LogP contribution in [0.1, 0.15) is 65.2 Å². The van der Waals surface area contributed by atoms with Gasteiger partial charge in [-0.1, -0.05) is 51.3 Å². The highest BCUT2D eigenvalue weighted by Gasteiger charge is 2.40. The van der Waals surface area contributed by atoms with E-state index in [0.29, 0.717) is 11.6 Å². The van der Waals surface area contributed by atoms with E-state index in [1.54, 1.807) is 0 Å². The first kappa shape index (κ1) is 13.8. The molecule has 3 rings (SSSR count). The van der Waals surface area contributed by atoms with E-state index in [-0.39, 0.29) is 0 Å². The first-order valence-corrected chi connectivity index (χ1v) is 9.16. The molecular weight excluding hydrogens is 252 g/mol. The Hall–Kier alpha value is -0.180. The molecule has 0 radical (unpaired) electrons. The van der Waals surface area contributed by atoms with Gasteiger partial charge in [-0.05, 0) is 37.5 Å². The van der Waals surface area contributed by atoms with Crippen molar-refractivity contribution in [1.29, 1.82) is 0 Å². The van der Waals surface area contributed by atoms with Gasteiger partial charge in [0.15, 0.2) is 5.17 Å². The molecule has 2 saturated carbocycles. The van der Waals surface area contributed by atoms with Crippen LogP contribution < -0.4 is 5.32 Å². The Labute approximate surface area is 122 Å². The van der Waals surface area contributed by atoms with Crippen molar-refractivity contribution >= 4 is 16.9 Å². The summed E-state index contributed by atoms with van der Waals surface area (Å²) < 4.78 is 0. The van der Waals surface area contributed by atoms with Crippen molar-refractivity contribution in [3.05, 3.63) is 0 Å². The molecule has 2 nitrogen and oxygen atoms in total. The summed E-state index contributed by atoms with van der Waals surface area (Å²) in [6.45, 7) is 4.74. The molecule has 2 unspecified atom stereocenters. The standard InChI is InChI=1S/C16H28N2S/c1-12(2)13-7-3-4-8-14(13)17-15-18-16(11-19-15)9-5-6-10-16/h12-14H,3-11H2,1-2H3,(H,17,18). The van der Waals surface area contributed by atoms with Gasteiger partial charge in [0.25, 0.3) is 0 Å². The third-order valence-corrected chi connectivity index (χ3v) is 6.52. The summed E-state index contributed by atoms with van der Waals surface area (Å²) in [6.07, 6.45) is 11.0. The molecule has 108 valence electrons. The van der Waals surface area contributed by atoms with Gasteiger partial charge in [0, 0.05) is 11.3 Å². The van der Waals surface area contributed by atoms with Gasteiger partial charge in [-0.25, -0.2) is 0 Å². The van der Waals surface area contributed by atoms with Crippen LogP contribution in [0.5, 0.6) is 0 Å². The average Bonchev–Trinajstić information content (AvgIpc) is 3.01. The first-order chi connectivity index (χ1) is 9.19. The number of nitrogens with one attached hydrogen (secondary N) is 1. The third-order valence-electron chi connectivity index (χ3n) is 5.34. The summed E-state index contributed by atoms with van der Waals surface area (Å²) in [7, 11) is 0. The SMILES string of the molecule is CC(C)C1CCCCC1N=C1NC2(CCCC2)CS1. The molecule has 1 saturated heterocycles. The van der Waals surface area contributed by atoms with Crippen molar-refractivity contribution in [2.24, 2.45) is 16.8 Å². The fourth-order valence-corrected chi connectivity index (χ4v) is 5.40. The van der Waals surface area contributed by atoms with Crippen LogP contribution in [0.4, 0.5) is 0 Å². The normalized spacial score (nSPS) is 36.3. The quantitative estimate of drug-likeness (QED) is 0.819. The van der Waals surface area contributed by atoms with Crippen molar-refractivity contribution in [1.82, 2.24) is 5.32 Å². The zero-order valence-corrected chi connectivity index (χ0v) is 13.3. The zero-order valence-electron chi connectivity index (χ0n) is 12.5. The minimum absolute atomic E-state index is 0.422. The molecule has 0 bridgehead atoms. The third kappa shape index (κ3) is 2.96. The lowest BCUT2D eigenvalue weighted by molar-refractivity contribution is 0.241. The fourth-order valence-electron chi connectivity index (χ4n) is 4.12. The highest BCUT2D eigenvalue weighted by atomic mass is 32.2. The average molecular weight is 280 g/mol. The molecule has 19 heavy (non-hydrogen) atoms. The lowest BCUT2D eigenvalue weighted by Gasteiger charge is -2.32. The molecule has 1 aliphatic heterocycles. The van der Waals surface area contributed by atoms with Crippen molar-refractivity contribution in [2.45, 2.75) is 76.8 Å². The predicted molar refractivity (Wildman–Crippen MR) is 84.8 cm³/mol. The molecule has 3 heteroatoms. The van der Waals surface area contributed by atoms with E-state index in [1.807, 2.05) is 11.8 Å². The summed E-state index contributed by atoms with van der Waals surface area (Å²) in [5.74, 6) is 2.84. The van der Waals surface area contributed by atoms with E-state index in [0.717, 1.165) is 11.8 Å². The lowest BCUT2D eigenvalue weighted by Crippen LogP contribution is -2.41. The molecule has 3 aliphatic rings. The van der Waals surface area contributed by atoms with Crippen LogP contribution in [0.2, 0.25) is 0 Å². The van der Waals surface area contributed by atoms with E-state index in [2.05, 4.69) is 19.2 Å². The van der Waals surface area contributed by atoms with Gasteiger partial charge in [0.1, 0.15) is 0 Å². The number of nitrogens with zero attached hydrogens (tertiary/aromatic N) is 1. The molecule has 0 amide bonds. The van der Waals surface area contributed by atoms with E-state index in [1.165, 1.54) is 62.3 Å². The second-order valence-corrected chi connectivity index (χ2v) is 8.06. The Bertz CT molecular complexity index is 345. The van der Waals surface area contributed by atoms with Gasteiger partial charge in [0.2, 0.25) is 0 Å². The molecule has 1 N–H and O–H groups in total. The number of rotatable bonds is 2. The fraction of sp³-hybridized carbons (Fsp3) is 0.938. The molecule has 0 aromatic carbocycles. The number of hydrogen-bond acceptors (Lipinski definition) is 2. The Morgan fingerprint density at radius 3 is 2.63 bits per heavy atom.